The number of hydrogen-bond acceptors (Lipinski definition) is 6. The van der Waals surface area contributed by atoms with E-state index in [0.717, 1.165) is 36.5 Å². The zero-order valence-corrected chi connectivity index (χ0v) is 18.1. The van der Waals surface area contributed by atoms with Gasteiger partial charge < -0.3 is 19.9 Å². The van der Waals surface area contributed by atoms with Crippen molar-refractivity contribution in [2.45, 2.75) is 32.7 Å². The summed E-state index contributed by atoms with van der Waals surface area (Å²) in [6, 6.07) is 2.08. The van der Waals surface area contributed by atoms with Gasteiger partial charge in [0.25, 0.3) is 0 Å². The Kier molecular flexibility index (Phi) is 4.77. The molecular formula is C22H26FN7O. The number of methoxy groups -OCH3 is 1. The number of rotatable bonds is 4. The average molecular weight is 423 g/mol. The monoisotopic (exact) mass is 423 g/mol. The summed E-state index contributed by atoms with van der Waals surface area (Å²) in [4.78, 5) is 14.2. The van der Waals surface area contributed by atoms with E-state index in [1.165, 1.54) is 6.33 Å². The molecule has 1 aliphatic rings. The summed E-state index contributed by atoms with van der Waals surface area (Å²) in [6.07, 6.45) is 5.11. The molecule has 0 unspecified atom stereocenters. The van der Waals surface area contributed by atoms with E-state index in [-0.39, 0.29) is 17.8 Å². The van der Waals surface area contributed by atoms with E-state index in [1.807, 2.05) is 17.2 Å². The highest BCUT2D eigenvalue weighted by atomic mass is 19.1. The smallest absolute Gasteiger partial charge is 0.197 e. The van der Waals surface area contributed by atoms with Crippen molar-refractivity contribution >= 4 is 22.4 Å². The number of hydrogen-bond donors (Lipinski definition) is 2. The van der Waals surface area contributed by atoms with Gasteiger partial charge in [0, 0.05) is 42.8 Å². The standard InChI is InChI=1S/C22H26FN7O/c1-12(2)17-18-15(9-25-22(19(18)23)29-6-5-24-8-13(29)3)28-20(17)14-7-16(31-4)21-26-11-27-30(21)10-14/h7,9-13,24,28H,5-6,8H2,1-4H3/t13-/m1/s1. The van der Waals surface area contributed by atoms with Gasteiger partial charge in [-0.1, -0.05) is 13.8 Å². The second-order valence-electron chi connectivity index (χ2n) is 8.32. The molecule has 162 valence electrons. The summed E-state index contributed by atoms with van der Waals surface area (Å²) < 4.78 is 23.1. The zero-order valence-electron chi connectivity index (χ0n) is 18.1. The fraction of sp³-hybridized carbons (Fsp3) is 0.409. The van der Waals surface area contributed by atoms with Crippen LogP contribution in [0.1, 0.15) is 32.3 Å². The van der Waals surface area contributed by atoms with Gasteiger partial charge in [-0.05, 0) is 24.5 Å². The minimum Gasteiger partial charge on any atom is -0.493 e. The van der Waals surface area contributed by atoms with Crippen molar-refractivity contribution in [1.82, 2.24) is 29.9 Å². The van der Waals surface area contributed by atoms with Crippen LogP contribution in [0, 0.1) is 5.82 Å². The number of aromatic nitrogens is 5. The van der Waals surface area contributed by atoms with Gasteiger partial charge >= 0.3 is 0 Å². The highest BCUT2D eigenvalue weighted by Crippen LogP contribution is 2.40. The molecule has 31 heavy (non-hydrogen) atoms. The van der Waals surface area contributed by atoms with Crippen LogP contribution in [0.2, 0.25) is 0 Å². The first kappa shape index (κ1) is 19.7. The fourth-order valence-electron chi connectivity index (χ4n) is 4.51. The van der Waals surface area contributed by atoms with Gasteiger partial charge in [0.15, 0.2) is 23.0 Å². The molecule has 4 aromatic rings. The van der Waals surface area contributed by atoms with Gasteiger partial charge in [-0.3, -0.25) is 0 Å². The predicted octanol–water partition coefficient (Wildman–Crippen LogP) is 3.34. The molecule has 0 radical (unpaired) electrons. The molecule has 2 N–H and O–H groups in total. The molecule has 8 nitrogen and oxygen atoms in total. The molecule has 5 heterocycles. The summed E-state index contributed by atoms with van der Waals surface area (Å²) in [7, 11) is 1.60. The minimum atomic E-state index is -0.272. The number of aromatic amines is 1. The summed E-state index contributed by atoms with van der Waals surface area (Å²) in [6.45, 7) is 8.59. The SMILES string of the molecule is COc1cc(-c2[nH]c3cnc(N4CCNC[C@H]4C)c(F)c3c2C(C)C)cn2ncnc12. The Morgan fingerprint density at radius 2 is 2.13 bits per heavy atom. The van der Waals surface area contributed by atoms with Crippen molar-refractivity contribution in [2.75, 3.05) is 31.6 Å². The van der Waals surface area contributed by atoms with Crippen LogP contribution in [-0.4, -0.2) is 57.4 Å². The first-order valence-corrected chi connectivity index (χ1v) is 10.5. The Hall–Kier alpha value is -3.20. The molecule has 0 amide bonds. The molecule has 1 fully saturated rings. The summed E-state index contributed by atoms with van der Waals surface area (Å²) in [5.74, 6) is 0.841. The molecule has 9 heteroatoms. The van der Waals surface area contributed by atoms with E-state index in [4.69, 9.17) is 4.74 Å². The average Bonchev–Trinajstić information content (AvgIpc) is 3.39. The first-order chi connectivity index (χ1) is 15.0. The number of pyridine rings is 2. The Labute approximate surface area is 179 Å². The molecule has 5 rings (SSSR count). The predicted molar refractivity (Wildman–Crippen MR) is 118 cm³/mol. The van der Waals surface area contributed by atoms with Crippen LogP contribution in [0.15, 0.2) is 24.8 Å². The normalized spacial score (nSPS) is 17.2. The summed E-state index contributed by atoms with van der Waals surface area (Å²) in [5, 5.41) is 8.20. The fourth-order valence-corrected chi connectivity index (χ4v) is 4.51. The van der Waals surface area contributed by atoms with Crippen LogP contribution in [0.25, 0.3) is 27.8 Å². The molecule has 0 aromatic carbocycles. The topological polar surface area (TPSA) is 83.4 Å². The van der Waals surface area contributed by atoms with Crippen molar-refractivity contribution in [3.63, 3.8) is 0 Å². The molecule has 4 aromatic heterocycles. The number of fused-ring (bicyclic) bond motifs is 2. The maximum Gasteiger partial charge on any atom is 0.197 e. The Bertz CT molecular complexity index is 1260. The zero-order chi connectivity index (χ0) is 21.7. The number of anilines is 1. The van der Waals surface area contributed by atoms with E-state index in [2.05, 4.69) is 46.1 Å². The van der Waals surface area contributed by atoms with Crippen LogP contribution in [0.3, 0.4) is 0 Å². The van der Waals surface area contributed by atoms with Gasteiger partial charge in [-0.15, -0.1) is 0 Å². The Morgan fingerprint density at radius 3 is 2.87 bits per heavy atom. The minimum absolute atomic E-state index is 0.0892. The lowest BCUT2D eigenvalue weighted by Crippen LogP contribution is -2.50. The molecule has 0 spiro atoms. The van der Waals surface area contributed by atoms with Gasteiger partial charge in [0.1, 0.15) is 6.33 Å². The van der Waals surface area contributed by atoms with E-state index < -0.39 is 0 Å². The van der Waals surface area contributed by atoms with Crippen LogP contribution in [0.4, 0.5) is 10.2 Å². The number of nitrogens with one attached hydrogen (secondary N) is 2. The first-order valence-electron chi connectivity index (χ1n) is 10.5. The molecule has 1 saturated heterocycles. The Balaban J connectivity index is 1.73. The van der Waals surface area contributed by atoms with E-state index in [9.17, 15) is 0 Å². The molecule has 0 saturated carbocycles. The van der Waals surface area contributed by atoms with Gasteiger partial charge in [0.05, 0.1) is 24.5 Å². The van der Waals surface area contributed by atoms with Crippen molar-refractivity contribution in [1.29, 1.82) is 0 Å². The van der Waals surface area contributed by atoms with Crippen molar-refractivity contribution in [2.24, 2.45) is 0 Å². The second kappa shape index (κ2) is 7.49. The second-order valence-corrected chi connectivity index (χ2v) is 8.32. The lowest BCUT2D eigenvalue weighted by atomic mass is 9.96. The highest BCUT2D eigenvalue weighted by molar-refractivity contribution is 5.93. The number of nitrogens with zero attached hydrogens (tertiary/aromatic N) is 5. The van der Waals surface area contributed by atoms with Crippen LogP contribution in [0.5, 0.6) is 5.75 Å². The highest BCUT2D eigenvalue weighted by Gasteiger charge is 2.27. The third-order valence-electron chi connectivity index (χ3n) is 6.00. The number of H-pyrrole nitrogens is 1. The quantitative estimate of drug-likeness (QED) is 0.524. The van der Waals surface area contributed by atoms with Crippen LogP contribution in [-0.2, 0) is 0 Å². The molecule has 0 bridgehead atoms. The number of piperazine rings is 1. The van der Waals surface area contributed by atoms with Crippen LogP contribution < -0.4 is 15.0 Å². The van der Waals surface area contributed by atoms with E-state index in [0.29, 0.717) is 28.1 Å². The lowest BCUT2D eigenvalue weighted by Gasteiger charge is -2.35. The largest absolute Gasteiger partial charge is 0.493 e. The molecular weight excluding hydrogens is 397 g/mol. The van der Waals surface area contributed by atoms with Crippen LogP contribution >= 0.6 is 0 Å². The third-order valence-corrected chi connectivity index (χ3v) is 6.00. The summed E-state index contributed by atoms with van der Waals surface area (Å²) in [5.41, 5.74) is 3.93. The van der Waals surface area contributed by atoms with Crippen molar-refractivity contribution < 1.29 is 9.13 Å². The lowest BCUT2D eigenvalue weighted by molar-refractivity contribution is 0.416. The molecule has 1 atom stereocenters. The Morgan fingerprint density at radius 1 is 1.29 bits per heavy atom. The van der Waals surface area contributed by atoms with E-state index >= 15 is 4.39 Å². The molecule has 1 aliphatic heterocycles. The van der Waals surface area contributed by atoms with Gasteiger partial charge in [-0.2, -0.15) is 5.10 Å². The van der Waals surface area contributed by atoms with Gasteiger partial charge in [-0.25, -0.2) is 18.9 Å². The van der Waals surface area contributed by atoms with Crippen molar-refractivity contribution in [3.8, 4) is 17.0 Å². The van der Waals surface area contributed by atoms with Crippen molar-refractivity contribution in [3.05, 3.63) is 36.2 Å². The number of halogens is 1. The number of ether oxygens (including phenoxy) is 1. The maximum atomic E-state index is 15.9. The summed E-state index contributed by atoms with van der Waals surface area (Å²) >= 11 is 0. The third kappa shape index (κ3) is 3.11. The van der Waals surface area contributed by atoms with E-state index in [1.54, 1.807) is 17.8 Å². The van der Waals surface area contributed by atoms with Gasteiger partial charge in [0.2, 0.25) is 0 Å². The maximum absolute atomic E-state index is 15.9. The molecule has 0 aliphatic carbocycles.